The summed E-state index contributed by atoms with van der Waals surface area (Å²) in [4.78, 5) is 13.6. The van der Waals surface area contributed by atoms with E-state index in [0.29, 0.717) is 30.8 Å². The van der Waals surface area contributed by atoms with Gasteiger partial charge in [-0.1, -0.05) is 0 Å². The molecule has 1 aliphatic heterocycles. The number of aliphatic hydroxyl groups excluding tert-OH is 1. The molecule has 0 aromatic heterocycles. The average molecular weight is 328 g/mol. The van der Waals surface area contributed by atoms with Crippen LogP contribution in [0.15, 0.2) is 22.9 Å². The number of aliphatic hydroxyl groups is 1. The minimum Gasteiger partial charge on any atom is -0.466 e. The van der Waals surface area contributed by atoms with Gasteiger partial charge in [-0.3, -0.25) is 0 Å². The maximum absolute atomic E-state index is 11.8. The van der Waals surface area contributed by atoms with Crippen molar-refractivity contribution in [3.8, 4) is 0 Å². The van der Waals surface area contributed by atoms with Crippen molar-refractivity contribution in [3.63, 3.8) is 0 Å². The Morgan fingerprint density at radius 3 is 2.73 bits per heavy atom. The van der Waals surface area contributed by atoms with Crippen LogP contribution in [-0.4, -0.2) is 61.6 Å². The number of rotatable bonds is 2. The van der Waals surface area contributed by atoms with Gasteiger partial charge in [0.15, 0.2) is 0 Å². The first kappa shape index (κ1) is 16.7. The number of nitrogens with two attached hydrogens (primary N) is 1. The Kier molecular flexibility index (Phi) is 5.05. The lowest BCUT2D eigenvalue weighted by molar-refractivity contribution is -0.136. The average Bonchev–Trinajstić information content (AvgIpc) is 2.47. The van der Waals surface area contributed by atoms with Crippen LogP contribution in [0.25, 0.3) is 0 Å². The van der Waals surface area contributed by atoms with E-state index in [0.717, 1.165) is 6.42 Å². The van der Waals surface area contributed by atoms with Gasteiger partial charge in [0.1, 0.15) is 4.86 Å². The summed E-state index contributed by atoms with van der Waals surface area (Å²) in [5.74, 6) is -0.646. The van der Waals surface area contributed by atoms with Gasteiger partial charge in [-0.15, -0.1) is 0 Å². The van der Waals surface area contributed by atoms with Crippen LogP contribution in [0.5, 0.6) is 0 Å². The van der Waals surface area contributed by atoms with Crippen LogP contribution < -0.4 is 5.73 Å². The molecular formula is C14H20N2O5S. The lowest BCUT2D eigenvalue weighted by Crippen LogP contribution is -2.47. The van der Waals surface area contributed by atoms with Crippen molar-refractivity contribution in [2.45, 2.75) is 31.9 Å². The molecule has 2 unspecified atom stereocenters. The van der Waals surface area contributed by atoms with Gasteiger partial charge in [0.2, 0.25) is 10.3 Å². The summed E-state index contributed by atoms with van der Waals surface area (Å²) in [6.07, 6.45) is 2.51. The number of methoxy groups -OCH3 is 1. The van der Waals surface area contributed by atoms with E-state index in [9.17, 15) is 18.3 Å². The van der Waals surface area contributed by atoms with Crippen molar-refractivity contribution in [3.05, 3.63) is 22.9 Å². The molecular weight excluding hydrogens is 308 g/mol. The number of allylic oxidation sites excluding steroid dienone is 2. The molecule has 1 aliphatic carbocycles. The molecule has 2 rings (SSSR count). The Balaban J connectivity index is 2.55. The Bertz CT molecular complexity index is 669. The summed E-state index contributed by atoms with van der Waals surface area (Å²) in [6.45, 7) is 2.71. The van der Waals surface area contributed by atoms with E-state index in [4.69, 9.17) is 5.73 Å². The van der Waals surface area contributed by atoms with Gasteiger partial charge >= 0.3 is 5.97 Å². The van der Waals surface area contributed by atoms with Crippen LogP contribution in [0.1, 0.15) is 19.8 Å². The van der Waals surface area contributed by atoms with E-state index >= 15 is 0 Å². The second kappa shape index (κ2) is 6.64. The third-order valence-corrected chi connectivity index (χ3v) is 4.72. The van der Waals surface area contributed by atoms with Gasteiger partial charge < -0.3 is 20.5 Å². The molecule has 1 saturated heterocycles. The number of carbonyl (C=O) groups is 1. The number of hydrogen-bond acceptors (Lipinski definition) is 7. The number of hydrogen-bond donors (Lipinski definition) is 2. The van der Waals surface area contributed by atoms with Gasteiger partial charge in [0, 0.05) is 13.1 Å². The number of carbonyl (C=O) groups excluding carboxylic acids is 1. The second-order valence-corrected chi connectivity index (χ2v) is 6.35. The molecule has 1 fully saturated rings. The van der Waals surface area contributed by atoms with Crippen LogP contribution in [0.4, 0.5) is 0 Å². The molecule has 0 aromatic carbocycles. The molecule has 0 bridgehead atoms. The molecule has 0 saturated carbocycles. The fourth-order valence-electron chi connectivity index (χ4n) is 2.92. The lowest BCUT2D eigenvalue weighted by atomic mass is 9.91. The largest absolute Gasteiger partial charge is 0.466 e. The smallest absolute Gasteiger partial charge is 0.335 e. The minimum atomic E-state index is -2.57. The van der Waals surface area contributed by atoms with Gasteiger partial charge in [-0.05, 0) is 31.4 Å². The van der Waals surface area contributed by atoms with Crippen LogP contribution in [0.3, 0.4) is 0 Å². The molecule has 7 nitrogen and oxygen atoms in total. The highest BCUT2D eigenvalue weighted by molar-refractivity contribution is 7.73. The maximum atomic E-state index is 11.8. The summed E-state index contributed by atoms with van der Waals surface area (Å²) in [7, 11) is -1.35. The van der Waals surface area contributed by atoms with Crippen LogP contribution in [-0.2, 0) is 19.8 Å². The number of nitrogens with zero attached hydrogens (tertiary/aromatic N) is 1. The summed E-state index contributed by atoms with van der Waals surface area (Å²) >= 11 is 0. The predicted molar refractivity (Wildman–Crippen MR) is 81.5 cm³/mol. The number of ether oxygens (including phenoxy) is 1. The Hall–Kier alpha value is -1.64. The van der Waals surface area contributed by atoms with Crippen molar-refractivity contribution in [2.24, 2.45) is 5.73 Å². The summed E-state index contributed by atoms with van der Waals surface area (Å²) in [5.41, 5.74) is 7.18. The fourth-order valence-corrected chi connectivity index (χ4v) is 3.71. The SMILES string of the molecule is COC(=O)C1=CC(C)=C(N2CCCC(O)C2)C(=S(=O)=O)C1N. The minimum absolute atomic E-state index is 0.0329. The van der Waals surface area contributed by atoms with Gasteiger partial charge in [-0.25, -0.2) is 4.79 Å². The summed E-state index contributed by atoms with van der Waals surface area (Å²) in [5, 5.41) is 9.82. The third kappa shape index (κ3) is 3.08. The van der Waals surface area contributed by atoms with E-state index in [1.165, 1.54) is 7.11 Å². The zero-order chi connectivity index (χ0) is 16.4. The van der Waals surface area contributed by atoms with Crippen LogP contribution in [0, 0.1) is 0 Å². The molecule has 0 aromatic rings. The lowest BCUT2D eigenvalue weighted by Gasteiger charge is -2.37. The van der Waals surface area contributed by atoms with E-state index in [1.807, 2.05) is 4.90 Å². The van der Waals surface area contributed by atoms with Gasteiger partial charge in [0.05, 0.1) is 30.5 Å². The quantitative estimate of drug-likeness (QED) is 0.505. The molecule has 8 heteroatoms. The van der Waals surface area contributed by atoms with Gasteiger partial charge in [-0.2, -0.15) is 8.42 Å². The number of piperidine rings is 1. The Morgan fingerprint density at radius 1 is 1.50 bits per heavy atom. The standard InChI is InChI=1S/C14H20N2O5S/c1-8-6-10(14(18)21-2)11(15)13(22(19)20)12(8)16-5-3-4-9(17)7-16/h6,9,11,17H,3-5,7,15H2,1-2H3. The Labute approximate surface area is 130 Å². The molecule has 0 spiro atoms. The highest BCUT2D eigenvalue weighted by Crippen LogP contribution is 2.27. The van der Waals surface area contributed by atoms with E-state index < -0.39 is 28.4 Å². The summed E-state index contributed by atoms with van der Waals surface area (Å²) in [6, 6.07) is -1.07. The third-order valence-electron chi connectivity index (χ3n) is 3.91. The topological polar surface area (TPSA) is 110 Å². The molecule has 2 aliphatic rings. The number of likely N-dealkylation sites (tertiary alicyclic amines) is 1. The zero-order valence-electron chi connectivity index (χ0n) is 12.6. The first-order valence-electron chi connectivity index (χ1n) is 7.02. The maximum Gasteiger partial charge on any atom is 0.335 e. The molecule has 22 heavy (non-hydrogen) atoms. The highest BCUT2D eigenvalue weighted by atomic mass is 32.2. The highest BCUT2D eigenvalue weighted by Gasteiger charge is 2.35. The molecule has 2 atom stereocenters. The van der Waals surface area contributed by atoms with Crippen molar-refractivity contribution < 1.29 is 23.1 Å². The molecule has 122 valence electrons. The first-order chi connectivity index (χ1) is 10.4. The monoisotopic (exact) mass is 328 g/mol. The van der Waals surface area contributed by atoms with Crippen molar-refractivity contribution in [2.75, 3.05) is 20.2 Å². The molecule has 1 heterocycles. The normalized spacial score (nSPS) is 25.9. The number of β-amino-alcohol motifs (C(OH)–C–C–N with tert-alkyl or cyclic N) is 1. The second-order valence-electron chi connectivity index (χ2n) is 5.44. The van der Waals surface area contributed by atoms with Crippen molar-refractivity contribution in [1.29, 1.82) is 0 Å². The number of esters is 1. The first-order valence-corrected chi connectivity index (χ1v) is 8.10. The summed E-state index contributed by atoms with van der Waals surface area (Å²) < 4.78 is 28.0. The predicted octanol–water partition coefficient (Wildman–Crippen LogP) is -0.791. The van der Waals surface area contributed by atoms with Crippen LogP contribution in [0.2, 0.25) is 0 Å². The van der Waals surface area contributed by atoms with E-state index in [2.05, 4.69) is 4.74 Å². The van der Waals surface area contributed by atoms with E-state index in [-0.39, 0.29) is 10.4 Å². The van der Waals surface area contributed by atoms with Gasteiger partial charge in [0.25, 0.3) is 0 Å². The van der Waals surface area contributed by atoms with E-state index in [1.54, 1.807) is 13.0 Å². The fraction of sp³-hybridized carbons (Fsp3) is 0.571. The molecule has 0 amide bonds. The molecule has 0 radical (unpaired) electrons. The molecule has 3 N–H and O–H groups in total. The van der Waals surface area contributed by atoms with Crippen LogP contribution >= 0.6 is 0 Å². The zero-order valence-corrected chi connectivity index (χ0v) is 13.4. The van der Waals surface area contributed by atoms with Crippen molar-refractivity contribution in [1.82, 2.24) is 4.90 Å². The van der Waals surface area contributed by atoms with Crippen molar-refractivity contribution >= 4 is 21.1 Å². The Morgan fingerprint density at radius 2 is 2.18 bits per heavy atom.